The summed E-state index contributed by atoms with van der Waals surface area (Å²) in [5.74, 6) is -0.148. The van der Waals surface area contributed by atoms with E-state index >= 15 is 0 Å². The smallest absolute Gasteiger partial charge is 0.330 e. The lowest BCUT2D eigenvalue weighted by atomic mass is 10.1. The van der Waals surface area contributed by atoms with Gasteiger partial charge in [-0.1, -0.05) is 17.7 Å². The number of aliphatic hydroxyl groups is 1. The molecule has 0 bridgehead atoms. The fraction of sp³-hybridized carbons (Fsp3) is 0.278. The maximum atomic E-state index is 11.9. The molecule has 0 saturated carbocycles. The number of benzene rings is 2. The Bertz CT molecular complexity index is 749. The molecular weight excluding hydrogens is 378 g/mol. The van der Waals surface area contributed by atoms with Crippen molar-refractivity contribution in [3.8, 4) is 11.5 Å². The van der Waals surface area contributed by atoms with Gasteiger partial charge in [-0.15, -0.1) is 11.8 Å². The Morgan fingerprint density at radius 1 is 1.31 bits per heavy atom. The molecule has 0 aliphatic heterocycles. The Morgan fingerprint density at radius 3 is 2.69 bits per heavy atom. The topological polar surface area (TPSA) is 88.0 Å². The molecule has 8 heteroatoms. The summed E-state index contributed by atoms with van der Waals surface area (Å²) in [5, 5.41) is 22.1. The summed E-state index contributed by atoms with van der Waals surface area (Å²) in [4.78, 5) is 12.8. The summed E-state index contributed by atoms with van der Waals surface area (Å²) in [6.45, 7) is -0.153. The zero-order valence-corrected chi connectivity index (χ0v) is 15.9. The third-order valence-corrected chi connectivity index (χ3v) is 4.49. The number of rotatable bonds is 9. The van der Waals surface area contributed by atoms with Gasteiger partial charge in [0.15, 0.2) is 6.04 Å². The zero-order chi connectivity index (χ0) is 19.1. The van der Waals surface area contributed by atoms with Crippen LogP contribution in [0.5, 0.6) is 11.5 Å². The van der Waals surface area contributed by atoms with Gasteiger partial charge in [-0.05, 0) is 30.5 Å². The summed E-state index contributed by atoms with van der Waals surface area (Å²) in [7, 11) is 1.55. The number of aliphatic carboxylic acids is 1. The van der Waals surface area contributed by atoms with Crippen LogP contribution >= 0.6 is 23.4 Å². The van der Waals surface area contributed by atoms with Crippen LogP contribution in [0.2, 0.25) is 5.02 Å². The van der Waals surface area contributed by atoms with E-state index in [1.165, 1.54) is 17.8 Å². The van der Waals surface area contributed by atoms with E-state index in [9.17, 15) is 9.90 Å². The Balaban J connectivity index is 2.40. The molecule has 2 aromatic carbocycles. The number of hydrogen-bond donors (Lipinski definition) is 3. The van der Waals surface area contributed by atoms with Gasteiger partial charge in [0, 0.05) is 27.2 Å². The molecule has 6 nitrogen and oxygen atoms in total. The average Bonchev–Trinajstić information content (AvgIpc) is 2.64. The molecule has 0 aromatic heterocycles. The molecule has 1 atom stereocenters. The lowest BCUT2D eigenvalue weighted by molar-refractivity contribution is -0.138. The van der Waals surface area contributed by atoms with Crippen LogP contribution in [0.4, 0.5) is 5.69 Å². The van der Waals surface area contributed by atoms with E-state index in [1.54, 1.807) is 25.3 Å². The summed E-state index contributed by atoms with van der Waals surface area (Å²) in [6, 6.07) is 9.08. The second kappa shape index (κ2) is 9.56. The van der Waals surface area contributed by atoms with Crippen LogP contribution in [0.1, 0.15) is 11.6 Å². The van der Waals surface area contributed by atoms with Crippen LogP contribution in [0.15, 0.2) is 41.3 Å². The number of carbonyl (C=O) groups is 1. The molecule has 2 aromatic rings. The van der Waals surface area contributed by atoms with Crippen molar-refractivity contribution in [3.05, 3.63) is 47.0 Å². The number of thioether (sulfide) groups is 1. The first-order valence-electron chi connectivity index (χ1n) is 7.74. The number of carboxylic acids is 1. The average molecular weight is 398 g/mol. The minimum absolute atomic E-state index is 0.0372. The van der Waals surface area contributed by atoms with E-state index in [0.29, 0.717) is 27.8 Å². The molecule has 0 fully saturated rings. The zero-order valence-electron chi connectivity index (χ0n) is 14.4. The van der Waals surface area contributed by atoms with Gasteiger partial charge in [-0.2, -0.15) is 0 Å². The summed E-state index contributed by atoms with van der Waals surface area (Å²) in [5.41, 5.74) is 1.01. The lowest BCUT2D eigenvalue weighted by Gasteiger charge is -2.20. The summed E-state index contributed by atoms with van der Waals surface area (Å²) in [6.07, 6.45) is 1.92. The van der Waals surface area contributed by atoms with Crippen LogP contribution < -0.4 is 14.8 Å². The highest BCUT2D eigenvalue weighted by Crippen LogP contribution is 2.33. The number of nitrogens with one attached hydrogen (secondary N) is 1. The molecule has 0 heterocycles. The number of aliphatic hydroxyl groups excluding tert-OH is 1. The number of hydrogen-bond acceptors (Lipinski definition) is 6. The Hall–Kier alpha value is -2.09. The molecule has 0 spiro atoms. The number of halogens is 1. The van der Waals surface area contributed by atoms with E-state index < -0.39 is 12.0 Å². The van der Waals surface area contributed by atoms with Gasteiger partial charge < -0.3 is 25.0 Å². The van der Waals surface area contributed by atoms with Gasteiger partial charge in [-0.25, -0.2) is 4.79 Å². The Morgan fingerprint density at radius 2 is 2.08 bits per heavy atom. The molecule has 0 aliphatic carbocycles. The van der Waals surface area contributed by atoms with Crippen molar-refractivity contribution < 1.29 is 24.5 Å². The van der Waals surface area contributed by atoms with Crippen LogP contribution in [-0.4, -0.2) is 42.8 Å². The lowest BCUT2D eigenvalue weighted by Crippen LogP contribution is -2.21. The van der Waals surface area contributed by atoms with E-state index in [-0.39, 0.29) is 13.2 Å². The summed E-state index contributed by atoms with van der Waals surface area (Å²) >= 11 is 7.51. The first-order chi connectivity index (χ1) is 12.5. The number of methoxy groups -OCH3 is 1. The maximum Gasteiger partial charge on any atom is 0.330 e. The van der Waals surface area contributed by atoms with E-state index in [4.69, 9.17) is 26.2 Å². The third kappa shape index (κ3) is 5.20. The van der Waals surface area contributed by atoms with Crippen molar-refractivity contribution >= 4 is 35.0 Å². The molecule has 26 heavy (non-hydrogen) atoms. The highest BCUT2D eigenvalue weighted by Gasteiger charge is 2.24. The monoisotopic (exact) mass is 397 g/mol. The minimum Gasteiger partial charge on any atom is -0.497 e. The molecule has 0 aliphatic rings. The highest BCUT2D eigenvalue weighted by atomic mass is 35.5. The fourth-order valence-corrected chi connectivity index (χ4v) is 3.00. The van der Waals surface area contributed by atoms with Gasteiger partial charge >= 0.3 is 5.97 Å². The Labute approximate surface area is 161 Å². The second-order valence-electron chi connectivity index (χ2n) is 5.27. The van der Waals surface area contributed by atoms with Gasteiger partial charge in [0.1, 0.15) is 18.1 Å². The molecule has 2 rings (SSSR count). The van der Waals surface area contributed by atoms with Crippen LogP contribution in [-0.2, 0) is 4.79 Å². The number of anilines is 1. The summed E-state index contributed by atoms with van der Waals surface area (Å²) < 4.78 is 10.7. The predicted octanol–water partition coefficient (Wildman–Crippen LogP) is 3.68. The van der Waals surface area contributed by atoms with Crippen molar-refractivity contribution in [3.63, 3.8) is 0 Å². The van der Waals surface area contributed by atoms with Gasteiger partial charge in [0.05, 0.1) is 13.7 Å². The van der Waals surface area contributed by atoms with Crippen molar-refractivity contribution in [2.45, 2.75) is 10.9 Å². The number of ether oxygens (including phenoxy) is 2. The second-order valence-corrected chi connectivity index (χ2v) is 6.59. The normalized spacial score (nSPS) is 11.7. The maximum absolute atomic E-state index is 11.9. The third-order valence-electron chi connectivity index (χ3n) is 3.54. The largest absolute Gasteiger partial charge is 0.497 e. The van der Waals surface area contributed by atoms with Gasteiger partial charge in [-0.3, -0.25) is 0 Å². The molecule has 3 N–H and O–H groups in total. The molecular formula is C18H20ClNO5S. The molecule has 140 valence electrons. The predicted molar refractivity (Wildman–Crippen MR) is 103 cm³/mol. The molecule has 0 saturated heterocycles. The van der Waals surface area contributed by atoms with Crippen molar-refractivity contribution in [1.82, 2.24) is 0 Å². The first-order valence-corrected chi connectivity index (χ1v) is 9.34. The van der Waals surface area contributed by atoms with Crippen molar-refractivity contribution in [2.24, 2.45) is 0 Å². The quantitative estimate of drug-likeness (QED) is 0.556. The van der Waals surface area contributed by atoms with Crippen LogP contribution in [0.25, 0.3) is 0 Å². The van der Waals surface area contributed by atoms with E-state index in [0.717, 1.165) is 4.90 Å². The van der Waals surface area contributed by atoms with Crippen LogP contribution in [0.3, 0.4) is 0 Å². The number of carboxylic acid groups (broad SMARTS) is 1. The van der Waals surface area contributed by atoms with Crippen molar-refractivity contribution in [1.29, 1.82) is 0 Å². The Kier molecular flexibility index (Phi) is 7.44. The molecule has 0 radical (unpaired) electrons. The fourth-order valence-electron chi connectivity index (χ4n) is 2.36. The standard InChI is InChI=1S/C18H20ClNO5S/c1-24-13-8-12(9-14(10-13)26-2)20-17(18(22)23)15-4-3-11(19)7-16(15)25-6-5-21/h3-4,7-10,17,20-21H,5-6H2,1-2H3,(H,22,23). The van der Waals surface area contributed by atoms with E-state index in [2.05, 4.69) is 5.32 Å². The van der Waals surface area contributed by atoms with Crippen LogP contribution in [0, 0.1) is 0 Å². The van der Waals surface area contributed by atoms with Crippen molar-refractivity contribution in [2.75, 3.05) is 31.9 Å². The first kappa shape index (κ1) is 20.2. The van der Waals surface area contributed by atoms with Gasteiger partial charge in [0.2, 0.25) is 0 Å². The molecule has 1 unspecified atom stereocenters. The van der Waals surface area contributed by atoms with E-state index in [1.807, 2.05) is 18.4 Å². The SMILES string of the molecule is COc1cc(NC(C(=O)O)c2ccc(Cl)cc2OCCO)cc(SC)c1. The highest BCUT2D eigenvalue weighted by molar-refractivity contribution is 7.98. The molecule has 0 amide bonds. The minimum atomic E-state index is -1.07. The van der Waals surface area contributed by atoms with Gasteiger partial charge in [0.25, 0.3) is 0 Å².